The highest BCUT2D eigenvalue weighted by Gasteiger charge is 2.78. The molecule has 0 aromatic heterocycles. The highest BCUT2D eigenvalue weighted by atomic mass is 19.4. The van der Waals surface area contributed by atoms with E-state index in [1.165, 1.54) is 0 Å². The molecule has 1 saturated carbocycles. The normalized spacial score (nSPS) is 23.4. The molecule has 0 amide bonds. The molecule has 258 valence electrons. The third-order valence-electron chi connectivity index (χ3n) is 7.43. The SMILES string of the molecule is CCC(C)CC(OCOC1CC(C(O)(C(F)(F)F)C(F)(F)F)CC(C(O)(C(F)(F)F)C(F)(F)F)C1)(C(F)(F)F)C(F)(F)F. The predicted molar refractivity (Wildman–Crippen MR) is 105 cm³/mol. The van der Waals surface area contributed by atoms with Crippen molar-refractivity contribution in [1.29, 1.82) is 0 Å². The first-order valence-electron chi connectivity index (χ1n) is 11.8. The van der Waals surface area contributed by atoms with Gasteiger partial charge >= 0.3 is 37.1 Å². The topological polar surface area (TPSA) is 58.9 Å². The molecule has 0 spiro atoms. The van der Waals surface area contributed by atoms with Crippen molar-refractivity contribution in [3.05, 3.63) is 0 Å². The summed E-state index contributed by atoms with van der Waals surface area (Å²) in [6.45, 7) is -0.296. The van der Waals surface area contributed by atoms with Gasteiger partial charge in [-0.3, -0.25) is 0 Å². The number of rotatable bonds is 9. The zero-order chi connectivity index (χ0) is 34.5. The number of halogens is 18. The van der Waals surface area contributed by atoms with Gasteiger partial charge in [0.15, 0.2) is 0 Å². The first-order valence-corrected chi connectivity index (χ1v) is 11.8. The minimum Gasteiger partial charge on any atom is -0.373 e. The van der Waals surface area contributed by atoms with Crippen LogP contribution in [-0.2, 0) is 9.47 Å². The van der Waals surface area contributed by atoms with Gasteiger partial charge in [-0.25, -0.2) is 0 Å². The maximum absolute atomic E-state index is 13.6. The zero-order valence-electron chi connectivity index (χ0n) is 21.6. The second-order valence-electron chi connectivity index (χ2n) is 10.2. The Morgan fingerprint density at radius 2 is 0.907 bits per heavy atom. The van der Waals surface area contributed by atoms with Crippen LogP contribution < -0.4 is 0 Å². The minimum atomic E-state index is -6.84. The molecule has 0 bridgehead atoms. The number of hydrogen-bond donors (Lipinski definition) is 2. The van der Waals surface area contributed by atoms with Gasteiger partial charge in [0.2, 0.25) is 0 Å². The van der Waals surface area contributed by atoms with Crippen LogP contribution in [0.25, 0.3) is 0 Å². The van der Waals surface area contributed by atoms with E-state index in [-0.39, 0.29) is 6.42 Å². The van der Waals surface area contributed by atoms with Crippen LogP contribution in [0, 0.1) is 17.8 Å². The van der Waals surface area contributed by atoms with Gasteiger partial charge in [-0.2, -0.15) is 79.0 Å². The van der Waals surface area contributed by atoms with Crippen molar-refractivity contribution in [2.75, 3.05) is 6.79 Å². The van der Waals surface area contributed by atoms with Crippen LogP contribution in [0.3, 0.4) is 0 Å². The quantitative estimate of drug-likeness (QED) is 0.193. The molecule has 2 N–H and O–H groups in total. The van der Waals surface area contributed by atoms with E-state index in [0.717, 1.165) is 13.8 Å². The van der Waals surface area contributed by atoms with E-state index in [1.54, 1.807) is 0 Å². The summed E-state index contributed by atoms with van der Waals surface area (Å²) in [6, 6.07) is 0. The fraction of sp³-hybridized carbons (Fsp3) is 1.00. The zero-order valence-corrected chi connectivity index (χ0v) is 21.6. The molecule has 22 heteroatoms. The summed E-state index contributed by atoms with van der Waals surface area (Å²) >= 11 is 0. The second kappa shape index (κ2) is 12.1. The van der Waals surface area contributed by atoms with Crippen LogP contribution in [-0.4, -0.2) is 77.0 Å². The Bertz CT molecular complexity index is 826. The number of aliphatic hydroxyl groups is 2. The molecule has 3 atom stereocenters. The molecule has 0 saturated heterocycles. The predicted octanol–water partition coefficient (Wildman–Crippen LogP) is 7.77. The third-order valence-corrected chi connectivity index (χ3v) is 7.43. The Morgan fingerprint density at radius 1 is 0.581 bits per heavy atom. The fourth-order valence-corrected chi connectivity index (χ4v) is 4.81. The molecule has 0 heterocycles. The van der Waals surface area contributed by atoms with Crippen molar-refractivity contribution < 1.29 is 98.7 Å². The summed E-state index contributed by atoms with van der Waals surface area (Å²) in [7, 11) is 0. The van der Waals surface area contributed by atoms with E-state index in [9.17, 15) is 89.2 Å². The smallest absolute Gasteiger partial charge is 0.373 e. The van der Waals surface area contributed by atoms with E-state index in [2.05, 4.69) is 9.47 Å². The molecule has 1 rings (SSSR count). The van der Waals surface area contributed by atoms with E-state index < -0.39 is 110 Å². The Kier molecular flexibility index (Phi) is 11.1. The van der Waals surface area contributed by atoms with Gasteiger partial charge in [0.05, 0.1) is 6.10 Å². The first kappa shape index (κ1) is 39.6. The molecule has 1 aliphatic rings. The van der Waals surface area contributed by atoms with Gasteiger partial charge in [0, 0.05) is 11.8 Å². The van der Waals surface area contributed by atoms with E-state index in [1.807, 2.05) is 0 Å². The molecule has 0 radical (unpaired) electrons. The molecule has 1 aliphatic carbocycles. The summed E-state index contributed by atoms with van der Waals surface area (Å²) in [5.41, 5.74) is -17.2. The summed E-state index contributed by atoms with van der Waals surface area (Å²) in [5.74, 6) is -8.88. The molecule has 4 nitrogen and oxygen atoms in total. The molecular weight excluding hydrogens is 658 g/mol. The van der Waals surface area contributed by atoms with Gasteiger partial charge in [0.25, 0.3) is 16.8 Å². The van der Waals surface area contributed by atoms with E-state index in [4.69, 9.17) is 0 Å². The molecule has 1 fully saturated rings. The Balaban J connectivity index is 3.67. The van der Waals surface area contributed by atoms with Crippen molar-refractivity contribution in [3.8, 4) is 0 Å². The number of ether oxygens (including phenoxy) is 2. The summed E-state index contributed by atoms with van der Waals surface area (Å²) < 4.78 is 251. The fourth-order valence-electron chi connectivity index (χ4n) is 4.81. The summed E-state index contributed by atoms with van der Waals surface area (Å²) in [6.07, 6.45) is -51.5. The molecule has 43 heavy (non-hydrogen) atoms. The second-order valence-corrected chi connectivity index (χ2v) is 10.2. The largest absolute Gasteiger partial charge is 0.426 e. The van der Waals surface area contributed by atoms with Gasteiger partial charge < -0.3 is 19.7 Å². The van der Waals surface area contributed by atoms with Crippen molar-refractivity contribution in [2.45, 2.75) is 106 Å². The average molecular weight is 682 g/mol. The van der Waals surface area contributed by atoms with Gasteiger partial charge in [-0.05, 0) is 31.6 Å². The number of hydrogen-bond acceptors (Lipinski definition) is 4. The highest BCUT2D eigenvalue weighted by Crippen LogP contribution is 2.58. The number of alkyl halides is 18. The van der Waals surface area contributed by atoms with Gasteiger partial charge in [-0.1, -0.05) is 20.3 Å². The lowest BCUT2D eigenvalue weighted by molar-refractivity contribution is -0.411. The highest BCUT2D eigenvalue weighted by molar-refractivity contribution is 5.08. The van der Waals surface area contributed by atoms with Crippen LogP contribution in [0.5, 0.6) is 0 Å². The molecule has 0 aliphatic heterocycles. The van der Waals surface area contributed by atoms with Crippen LogP contribution >= 0.6 is 0 Å². The van der Waals surface area contributed by atoms with Crippen LogP contribution in [0.15, 0.2) is 0 Å². The van der Waals surface area contributed by atoms with Crippen molar-refractivity contribution in [2.24, 2.45) is 17.8 Å². The molecule has 0 aromatic carbocycles. The Hall–Kier alpha value is -1.42. The minimum absolute atomic E-state index is 0.314. The Labute approximate surface area is 230 Å². The molecule has 3 unspecified atom stereocenters. The summed E-state index contributed by atoms with van der Waals surface area (Å²) in [4.78, 5) is 0. The first-order chi connectivity index (χ1) is 18.7. The molecule has 0 aromatic rings. The Morgan fingerprint density at radius 3 is 1.16 bits per heavy atom. The lowest BCUT2D eigenvalue weighted by Gasteiger charge is -2.48. The lowest BCUT2D eigenvalue weighted by Crippen LogP contribution is -2.67. The monoisotopic (exact) mass is 682 g/mol. The van der Waals surface area contributed by atoms with Crippen LogP contribution in [0.2, 0.25) is 0 Å². The van der Waals surface area contributed by atoms with E-state index in [0.29, 0.717) is 0 Å². The maximum atomic E-state index is 13.6. The van der Waals surface area contributed by atoms with Crippen molar-refractivity contribution in [1.82, 2.24) is 0 Å². The van der Waals surface area contributed by atoms with Crippen molar-refractivity contribution >= 4 is 0 Å². The lowest BCUT2D eigenvalue weighted by atomic mass is 9.65. The van der Waals surface area contributed by atoms with Crippen LogP contribution in [0.4, 0.5) is 79.0 Å². The van der Waals surface area contributed by atoms with Crippen molar-refractivity contribution in [3.63, 3.8) is 0 Å². The molecular formula is C21H24F18O4. The van der Waals surface area contributed by atoms with Gasteiger partial charge in [0.1, 0.15) is 6.79 Å². The standard InChI is InChI=1S/C21H24F18O4/c1-3-9(2)7-13(16(22,23)24,17(25,26)27)43-8-42-12-5-10(14(40,18(28,29)30)19(31,32)33)4-11(6-12)15(41,20(34,35)36)21(37,38)39/h9-12,40-41H,3-8H2,1-2H3. The van der Waals surface area contributed by atoms with Gasteiger partial charge in [-0.15, -0.1) is 0 Å². The third kappa shape index (κ3) is 7.36. The summed E-state index contributed by atoms with van der Waals surface area (Å²) in [5, 5.41) is 19.3. The van der Waals surface area contributed by atoms with Crippen LogP contribution in [0.1, 0.15) is 46.0 Å². The van der Waals surface area contributed by atoms with E-state index >= 15 is 0 Å². The maximum Gasteiger partial charge on any atom is 0.426 e. The average Bonchev–Trinajstić information content (AvgIpc) is 2.77.